The minimum atomic E-state index is 0.620. The topological polar surface area (TPSA) is 74.3 Å². The van der Waals surface area contributed by atoms with E-state index in [9.17, 15) is 0 Å². The van der Waals surface area contributed by atoms with Crippen molar-refractivity contribution in [3.05, 3.63) is 54.3 Å². The largest absolute Gasteiger partial charge is 0.463 e. The molecule has 0 amide bonds. The number of hydrogen-bond acceptors (Lipinski definition) is 6. The second-order valence-corrected chi connectivity index (χ2v) is 6.60. The normalized spacial score (nSPS) is 17.4. The van der Waals surface area contributed by atoms with Gasteiger partial charge in [0.2, 0.25) is 0 Å². The van der Waals surface area contributed by atoms with Gasteiger partial charge in [-0.1, -0.05) is 5.16 Å². The SMILES string of the molecule is C1=CN(Cc2cc(C3CC3)no2)CN(c2cc(-c3ccco3)[nH]n2)C1. The summed E-state index contributed by atoms with van der Waals surface area (Å²) in [5, 5.41) is 11.6. The Labute approximate surface area is 144 Å². The second kappa shape index (κ2) is 5.84. The molecule has 3 aromatic rings. The summed E-state index contributed by atoms with van der Waals surface area (Å²) in [6.07, 6.45) is 8.37. The fraction of sp³-hybridized carbons (Fsp3) is 0.333. The number of aromatic nitrogens is 3. The highest BCUT2D eigenvalue weighted by Gasteiger charge is 2.27. The molecule has 1 saturated carbocycles. The van der Waals surface area contributed by atoms with Gasteiger partial charge in [0.1, 0.15) is 5.69 Å². The molecule has 0 saturated heterocycles. The van der Waals surface area contributed by atoms with Gasteiger partial charge in [-0.3, -0.25) is 5.10 Å². The molecule has 0 radical (unpaired) electrons. The first-order chi connectivity index (χ1) is 12.3. The first-order valence-electron chi connectivity index (χ1n) is 8.55. The Morgan fingerprint density at radius 2 is 2.24 bits per heavy atom. The average molecular weight is 337 g/mol. The van der Waals surface area contributed by atoms with E-state index in [1.54, 1.807) is 6.26 Å². The lowest BCUT2D eigenvalue weighted by atomic mass is 10.2. The number of aromatic amines is 1. The van der Waals surface area contributed by atoms with Crippen LogP contribution < -0.4 is 4.90 Å². The summed E-state index contributed by atoms with van der Waals surface area (Å²) >= 11 is 0. The molecule has 1 aliphatic heterocycles. The third-order valence-corrected chi connectivity index (χ3v) is 4.60. The fourth-order valence-corrected chi connectivity index (χ4v) is 3.12. The van der Waals surface area contributed by atoms with Crippen molar-refractivity contribution in [1.82, 2.24) is 20.3 Å². The smallest absolute Gasteiger partial charge is 0.156 e. The quantitative estimate of drug-likeness (QED) is 0.770. The lowest BCUT2D eigenvalue weighted by Gasteiger charge is -2.32. The molecule has 128 valence electrons. The molecule has 0 bridgehead atoms. The Balaban J connectivity index is 1.27. The highest BCUT2D eigenvalue weighted by Crippen LogP contribution is 2.39. The predicted octanol–water partition coefficient (Wildman–Crippen LogP) is 3.33. The van der Waals surface area contributed by atoms with Gasteiger partial charge in [0.05, 0.1) is 25.2 Å². The van der Waals surface area contributed by atoms with E-state index in [4.69, 9.17) is 8.94 Å². The zero-order valence-corrected chi connectivity index (χ0v) is 13.8. The standard InChI is InChI=1S/C18H19N5O2/c1-3-17(24-8-1)16-10-18(20-19-16)23-7-2-6-22(12-23)11-14-9-15(21-25-14)13-4-5-13/h1-3,6,8-10,13H,4-5,7,11-12H2,(H,19,20). The Kier molecular flexibility index (Phi) is 3.36. The molecule has 1 aliphatic carbocycles. The highest BCUT2D eigenvalue weighted by atomic mass is 16.5. The van der Waals surface area contributed by atoms with Gasteiger partial charge in [0.15, 0.2) is 17.3 Å². The van der Waals surface area contributed by atoms with Crippen LogP contribution in [0.1, 0.15) is 30.2 Å². The van der Waals surface area contributed by atoms with Crippen LogP contribution in [0.4, 0.5) is 5.82 Å². The van der Waals surface area contributed by atoms with Gasteiger partial charge in [-0.05, 0) is 37.3 Å². The molecule has 0 aromatic carbocycles. The molecule has 7 heteroatoms. The van der Waals surface area contributed by atoms with E-state index in [1.807, 2.05) is 18.2 Å². The summed E-state index contributed by atoms with van der Waals surface area (Å²) in [7, 11) is 0. The van der Waals surface area contributed by atoms with Crippen LogP contribution in [0.15, 0.2) is 51.7 Å². The number of nitrogens with one attached hydrogen (secondary N) is 1. The minimum absolute atomic E-state index is 0.620. The molecule has 2 aliphatic rings. The number of H-pyrrole nitrogens is 1. The molecule has 1 N–H and O–H groups in total. The summed E-state index contributed by atoms with van der Waals surface area (Å²) in [5.74, 6) is 3.22. The maximum Gasteiger partial charge on any atom is 0.156 e. The van der Waals surface area contributed by atoms with Crippen LogP contribution >= 0.6 is 0 Å². The van der Waals surface area contributed by atoms with Crippen LogP contribution in [0, 0.1) is 0 Å². The third-order valence-electron chi connectivity index (χ3n) is 4.60. The number of furan rings is 1. The van der Waals surface area contributed by atoms with E-state index >= 15 is 0 Å². The Hall–Kier alpha value is -2.96. The molecule has 0 spiro atoms. The van der Waals surface area contributed by atoms with Crippen LogP contribution in [0.2, 0.25) is 0 Å². The maximum atomic E-state index is 5.48. The van der Waals surface area contributed by atoms with Crippen molar-refractivity contribution in [1.29, 1.82) is 0 Å². The van der Waals surface area contributed by atoms with Crippen LogP contribution in [0.3, 0.4) is 0 Å². The first kappa shape index (κ1) is 14.4. The summed E-state index contributed by atoms with van der Waals surface area (Å²) in [6.45, 7) is 2.28. The second-order valence-electron chi connectivity index (χ2n) is 6.60. The van der Waals surface area contributed by atoms with Gasteiger partial charge >= 0.3 is 0 Å². The van der Waals surface area contributed by atoms with Crippen molar-refractivity contribution in [3.8, 4) is 11.5 Å². The first-order valence-corrected chi connectivity index (χ1v) is 8.55. The van der Waals surface area contributed by atoms with E-state index in [0.717, 1.165) is 41.9 Å². The van der Waals surface area contributed by atoms with E-state index in [1.165, 1.54) is 12.8 Å². The van der Waals surface area contributed by atoms with Gasteiger partial charge in [0.25, 0.3) is 0 Å². The molecular weight excluding hydrogens is 318 g/mol. The lowest BCUT2D eigenvalue weighted by molar-refractivity contribution is 0.289. The van der Waals surface area contributed by atoms with Crippen molar-refractivity contribution < 1.29 is 8.94 Å². The number of hydrogen-bond donors (Lipinski definition) is 1. The van der Waals surface area contributed by atoms with Crippen LogP contribution in [0.25, 0.3) is 11.5 Å². The molecule has 1 fully saturated rings. The number of rotatable bonds is 5. The predicted molar refractivity (Wildman–Crippen MR) is 91.7 cm³/mol. The zero-order valence-electron chi connectivity index (χ0n) is 13.8. The monoisotopic (exact) mass is 337 g/mol. The van der Waals surface area contributed by atoms with Gasteiger partial charge in [-0.2, -0.15) is 5.10 Å². The molecule has 25 heavy (non-hydrogen) atoms. The third kappa shape index (κ3) is 2.93. The van der Waals surface area contributed by atoms with Crippen molar-refractivity contribution in [2.45, 2.75) is 25.3 Å². The summed E-state index contributed by atoms with van der Waals surface area (Å²) < 4.78 is 10.9. The molecule has 0 atom stereocenters. The summed E-state index contributed by atoms with van der Waals surface area (Å²) in [5.41, 5.74) is 1.98. The fourth-order valence-electron chi connectivity index (χ4n) is 3.12. The zero-order chi connectivity index (χ0) is 16.6. The molecular formula is C18H19N5O2. The van der Waals surface area contributed by atoms with E-state index < -0.39 is 0 Å². The minimum Gasteiger partial charge on any atom is -0.463 e. The molecule has 4 heterocycles. The van der Waals surface area contributed by atoms with Crippen LogP contribution in [-0.4, -0.2) is 33.5 Å². The molecule has 3 aromatic heterocycles. The molecule has 7 nitrogen and oxygen atoms in total. The van der Waals surface area contributed by atoms with Gasteiger partial charge in [-0.15, -0.1) is 0 Å². The Morgan fingerprint density at radius 3 is 3.08 bits per heavy atom. The summed E-state index contributed by atoms with van der Waals surface area (Å²) in [6, 6.07) is 7.89. The van der Waals surface area contributed by atoms with Crippen molar-refractivity contribution in [3.63, 3.8) is 0 Å². The van der Waals surface area contributed by atoms with E-state index in [0.29, 0.717) is 12.5 Å². The van der Waals surface area contributed by atoms with Gasteiger partial charge in [-0.25, -0.2) is 0 Å². The average Bonchev–Trinajstić information content (AvgIpc) is 3.08. The number of anilines is 1. The summed E-state index contributed by atoms with van der Waals surface area (Å²) in [4.78, 5) is 4.39. The van der Waals surface area contributed by atoms with E-state index in [2.05, 4.69) is 43.5 Å². The van der Waals surface area contributed by atoms with Crippen molar-refractivity contribution in [2.24, 2.45) is 0 Å². The molecule has 0 unspecified atom stereocenters. The van der Waals surface area contributed by atoms with E-state index in [-0.39, 0.29) is 0 Å². The van der Waals surface area contributed by atoms with Crippen LogP contribution in [-0.2, 0) is 6.54 Å². The lowest BCUT2D eigenvalue weighted by Crippen LogP contribution is -2.38. The van der Waals surface area contributed by atoms with Gasteiger partial charge < -0.3 is 18.7 Å². The van der Waals surface area contributed by atoms with Crippen LogP contribution in [0.5, 0.6) is 0 Å². The Morgan fingerprint density at radius 1 is 1.28 bits per heavy atom. The van der Waals surface area contributed by atoms with Crippen molar-refractivity contribution in [2.75, 3.05) is 18.1 Å². The Bertz CT molecular complexity index is 875. The molecule has 5 rings (SSSR count). The van der Waals surface area contributed by atoms with Gasteiger partial charge in [0, 0.05) is 24.6 Å². The highest BCUT2D eigenvalue weighted by molar-refractivity contribution is 5.58. The van der Waals surface area contributed by atoms with Crippen molar-refractivity contribution >= 4 is 5.82 Å². The number of nitrogens with zero attached hydrogens (tertiary/aromatic N) is 4. The maximum absolute atomic E-state index is 5.48.